The number of carbonyl (C=O) groups excluding carboxylic acids is 1. The van der Waals surface area contributed by atoms with Crippen LogP contribution in [0.4, 0.5) is 0 Å². The van der Waals surface area contributed by atoms with E-state index in [2.05, 4.69) is 6.92 Å². The molecule has 0 aromatic rings. The van der Waals surface area contributed by atoms with E-state index in [1.54, 1.807) is 6.92 Å². The Kier molecular flexibility index (Phi) is 42.1. The van der Waals surface area contributed by atoms with Crippen molar-refractivity contribution in [1.29, 1.82) is 5.41 Å². The SMILES string of the molecule is CCC(=O)O.CCCCCCCCCCCCOC(=O)CC=N.[KH].[KH]. The summed E-state index contributed by atoms with van der Waals surface area (Å²) in [6, 6.07) is 0. The number of nitrogens with one attached hydrogen (secondary N) is 1. The predicted molar refractivity (Wildman–Crippen MR) is 108 cm³/mol. The Morgan fingerprint density at radius 2 is 1.28 bits per heavy atom. The van der Waals surface area contributed by atoms with Gasteiger partial charge >= 0.3 is 115 Å². The van der Waals surface area contributed by atoms with Gasteiger partial charge in [0.1, 0.15) is 0 Å². The number of carboxylic acid groups (broad SMARTS) is 1. The summed E-state index contributed by atoms with van der Waals surface area (Å²) in [5, 5.41) is 14.5. The molecule has 0 saturated heterocycles. The summed E-state index contributed by atoms with van der Waals surface area (Å²) in [5.41, 5.74) is 0. The number of hydrogen-bond donors (Lipinski definition) is 2. The predicted octanol–water partition coefficient (Wildman–Crippen LogP) is 3.67. The molecule has 0 fully saturated rings. The molecule has 140 valence electrons. The van der Waals surface area contributed by atoms with Gasteiger partial charge in [0.25, 0.3) is 0 Å². The van der Waals surface area contributed by atoms with E-state index in [1.807, 2.05) is 0 Å². The Balaban J connectivity index is -0.000000276. The number of carboxylic acids is 1. The summed E-state index contributed by atoms with van der Waals surface area (Å²) in [6.07, 6.45) is 14.2. The molecule has 0 heterocycles. The Hall–Kier alpha value is 1.88. The zero-order valence-corrected chi connectivity index (χ0v) is 14.9. The Morgan fingerprint density at radius 1 is 0.880 bits per heavy atom. The molecule has 5 nitrogen and oxygen atoms in total. The van der Waals surface area contributed by atoms with Crippen molar-refractivity contribution in [1.82, 2.24) is 0 Å². The van der Waals surface area contributed by atoms with E-state index in [1.165, 1.54) is 51.4 Å². The number of esters is 1. The maximum absolute atomic E-state index is 10.9. The zero-order valence-electron chi connectivity index (χ0n) is 14.9. The molecule has 0 aliphatic heterocycles. The standard InChI is InChI=1S/C15H29NO2.C3H6O2.2K.2H/c1-2-3-4-5-6-7-8-9-10-11-14-18-15(17)12-13-16;1-2-3(4)5;;;;/h13,16H,2-12,14H2,1H3;2H2,1H3,(H,4,5);;;;. The zero-order chi connectivity index (χ0) is 17.8. The number of ether oxygens (including phenoxy) is 1. The molecule has 0 amide bonds. The van der Waals surface area contributed by atoms with Crippen molar-refractivity contribution in [3.63, 3.8) is 0 Å². The van der Waals surface area contributed by atoms with Crippen molar-refractivity contribution < 1.29 is 19.4 Å². The maximum atomic E-state index is 10.9. The van der Waals surface area contributed by atoms with Gasteiger partial charge in [-0.05, 0) is 6.42 Å². The van der Waals surface area contributed by atoms with Crippen molar-refractivity contribution in [2.24, 2.45) is 0 Å². The number of hydrogen-bond acceptors (Lipinski definition) is 4. The van der Waals surface area contributed by atoms with Crippen LogP contribution in [0.3, 0.4) is 0 Å². The van der Waals surface area contributed by atoms with Gasteiger partial charge in [-0.2, -0.15) is 0 Å². The normalized spacial score (nSPS) is 8.88. The van der Waals surface area contributed by atoms with E-state index in [9.17, 15) is 9.59 Å². The fourth-order valence-corrected chi connectivity index (χ4v) is 1.92. The van der Waals surface area contributed by atoms with Crippen molar-refractivity contribution in [2.75, 3.05) is 6.61 Å². The molecule has 0 rings (SSSR count). The molecule has 0 aromatic heterocycles. The molecule has 0 atom stereocenters. The molecule has 0 aliphatic rings. The third kappa shape index (κ3) is 37.3. The average molecular weight is 410 g/mol. The number of unbranched alkanes of at least 4 members (excludes halogenated alkanes) is 9. The van der Waals surface area contributed by atoms with Crippen LogP contribution < -0.4 is 0 Å². The monoisotopic (exact) mass is 409 g/mol. The van der Waals surface area contributed by atoms with Gasteiger partial charge in [-0.3, -0.25) is 9.59 Å². The molecule has 0 bridgehead atoms. The minimum atomic E-state index is -0.745. The van der Waals surface area contributed by atoms with E-state index in [4.69, 9.17) is 15.3 Å². The fourth-order valence-electron chi connectivity index (χ4n) is 1.92. The first-order chi connectivity index (χ1) is 11.1. The van der Waals surface area contributed by atoms with Gasteiger partial charge in [0, 0.05) is 12.6 Å². The summed E-state index contributed by atoms with van der Waals surface area (Å²) in [4.78, 5) is 20.3. The molecule has 7 heteroatoms. The fraction of sp³-hybridized carbons (Fsp3) is 0.833. The topological polar surface area (TPSA) is 87.5 Å². The van der Waals surface area contributed by atoms with Gasteiger partial charge in [0.2, 0.25) is 0 Å². The second kappa shape index (κ2) is 30.6. The molecule has 0 aliphatic carbocycles. The molecule has 2 N–H and O–H groups in total. The Bertz CT molecular complexity index is 303. The second-order valence-corrected chi connectivity index (χ2v) is 5.56. The van der Waals surface area contributed by atoms with Gasteiger partial charge in [-0.15, -0.1) is 0 Å². The van der Waals surface area contributed by atoms with E-state index in [-0.39, 0.29) is 122 Å². The molecule has 0 radical (unpaired) electrons. The first-order valence-electron chi connectivity index (χ1n) is 8.94. The Morgan fingerprint density at radius 3 is 1.64 bits per heavy atom. The van der Waals surface area contributed by atoms with E-state index >= 15 is 0 Å². The van der Waals surface area contributed by atoms with Gasteiger partial charge in [-0.25, -0.2) is 0 Å². The summed E-state index contributed by atoms with van der Waals surface area (Å²) in [5.74, 6) is -1.02. The van der Waals surface area contributed by atoms with Crippen LogP contribution in [0.15, 0.2) is 0 Å². The quantitative estimate of drug-likeness (QED) is 0.198. The molecule has 0 saturated carbocycles. The van der Waals surface area contributed by atoms with Gasteiger partial charge in [0.05, 0.1) is 13.0 Å². The van der Waals surface area contributed by atoms with E-state index in [0.29, 0.717) is 6.61 Å². The van der Waals surface area contributed by atoms with Crippen LogP contribution in [0.2, 0.25) is 0 Å². The van der Waals surface area contributed by atoms with Crippen molar-refractivity contribution in [3.8, 4) is 0 Å². The minimum absolute atomic E-state index is 0. The average Bonchev–Trinajstić information content (AvgIpc) is 2.53. The van der Waals surface area contributed by atoms with Gasteiger partial charge in [0.15, 0.2) is 0 Å². The summed E-state index contributed by atoms with van der Waals surface area (Å²) < 4.78 is 4.96. The van der Waals surface area contributed by atoms with Crippen molar-refractivity contribution in [3.05, 3.63) is 0 Å². The van der Waals surface area contributed by atoms with Crippen LogP contribution in [-0.2, 0) is 14.3 Å². The molecule has 0 unspecified atom stereocenters. The third-order valence-corrected chi connectivity index (χ3v) is 3.33. The van der Waals surface area contributed by atoms with Crippen LogP contribution in [0, 0.1) is 5.41 Å². The summed E-state index contributed by atoms with van der Waals surface area (Å²) in [6.45, 7) is 4.36. The molecule has 0 aromatic carbocycles. The molecular formula is C18H37K2NO4. The molecular weight excluding hydrogens is 372 g/mol. The van der Waals surface area contributed by atoms with Crippen LogP contribution >= 0.6 is 0 Å². The molecule has 25 heavy (non-hydrogen) atoms. The van der Waals surface area contributed by atoms with E-state index < -0.39 is 5.97 Å². The Labute approximate surface area is 239 Å². The van der Waals surface area contributed by atoms with Gasteiger partial charge in [-0.1, -0.05) is 71.6 Å². The van der Waals surface area contributed by atoms with Crippen LogP contribution in [0.5, 0.6) is 0 Å². The van der Waals surface area contributed by atoms with Crippen LogP contribution in [0.25, 0.3) is 0 Å². The third-order valence-electron chi connectivity index (χ3n) is 3.33. The van der Waals surface area contributed by atoms with Crippen LogP contribution in [-0.4, -0.2) is 133 Å². The summed E-state index contributed by atoms with van der Waals surface area (Å²) in [7, 11) is 0. The van der Waals surface area contributed by atoms with Crippen LogP contribution in [0.1, 0.15) is 90.9 Å². The molecule has 0 spiro atoms. The number of aliphatic carboxylic acids is 1. The summed E-state index contributed by atoms with van der Waals surface area (Å²) >= 11 is 0. The van der Waals surface area contributed by atoms with Gasteiger partial charge < -0.3 is 15.3 Å². The first-order valence-corrected chi connectivity index (χ1v) is 8.94. The first kappa shape index (κ1) is 34.4. The van der Waals surface area contributed by atoms with Crippen molar-refractivity contribution in [2.45, 2.75) is 90.9 Å². The second-order valence-electron chi connectivity index (χ2n) is 5.56. The van der Waals surface area contributed by atoms with E-state index in [0.717, 1.165) is 19.1 Å². The van der Waals surface area contributed by atoms with Crippen molar-refractivity contribution >= 4 is 121 Å². The number of rotatable bonds is 14. The number of carbonyl (C=O) groups is 2.